The van der Waals surface area contributed by atoms with Crippen LogP contribution in [-0.4, -0.2) is 34.8 Å². The topological polar surface area (TPSA) is 49.4 Å². The molecule has 0 bridgehead atoms. The van der Waals surface area contributed by atoms with Crippen LogP contribution in [0.1, 0.15) is 52.4 Å². The van der Waals surface area contributed by atoms with Crippen LogP contribution in [-0.2, 0) is 9.59 Å². The molecule has 0 aromatic heterocycles. The van der Waals surface area contributed by atoms with Gasteiger partial charge < -0.3 is 10.2 Å². The minimum Gasteiger partial charge on any atom is -0.342 e. The molecule has 0 aromatic carbocycles. The van der Waals surface area contributed by atoms with E-state index in [1.54, 1.807) is 0 Å². The van der Waals surface area contributed by atoms with Gasteiger partial charge in [-0.05, 0) is 44.4 Å². The number of rotatable bonds is 2. The van der Waals surface area contributed by atoms with Crippen molar-refractivity contribution in [3.05, 3.63) is 0 Å². The highest BCUT2D eigenvalue weighted by Crippen LogP contribution is 2.37. The van der Waals surface area contributed by atoms with Gasteiger partial charge in [-0.1, -0.05) is 19.8 Å². The van der Waals surface area contributed by atoms with Crippen molar-refractivity contribution in [3.63, 3.8) is 0 Å². The maximum Gasteiger partial charge on any atom is 0.246 e. The zero-order valence-corrected chi connectivity index (χ0v) is 11.9. The Morgan fingerprint density at radius 1 is 1.05 bits per heavy atom. The van der Waals surface area contributed by atoms with E-state index in [0.29, 0.717) is 11.8 Å². The fourth-order valence-electron chi connectivity index (χ4n) is 3.72. The lowest BCUT2D eigenvalue weighted by Gasteiger charge is -2.46. The average molecular weight is 264 g/mol. The summed E-state index contributed by atoms with van der Waals surface area (Å²) >= 11 is 0. The standard InChI is InChI=1S/C15H24N2O2/c1-9-5-3-4-6-12(9)17-10(2)14(18)16-13(15(17)19)11-7-8-11/h9-13H,3-8H2,1-2H3,(H,16,18). The number of amides is 2. The Morgan fingerprint density at radius 2 is 1.74 bits per heavy atom. The van der Waals surface area contributed by atoms with Gasteiger partial charge in [-0.2, -0.15) is 0 Å². The predicted octanol–water partition coefficient (Wildman–Crippen LogP) is 1.69. The fourth-order valence-corrected chi connectivity index (χ4v) is 3.72. The molecule has 4 heteroatoms. The van der Waals surface area contributed by atoms with E-state index in [4.69, 9.17) is 0 Å². The molecule has 2 amide bonds. The summed E-state index contributed by atoms with van der Waals surface area (Å²) in [4.78, 5) is 26.8. The van der Waals surface area contributed by atoms with E-state index in [2.05, 4.69) is 12.2 Å². The summed E-state index contributed by atoms with van der Waals surface area (Å²) in [5, 5.41) is 2.93. The summed E-state index contributed by atoms with van der Waals surface area (Å²) in [5.41, 5.74) is 0. The number of carbonyl (C=O) groups is 2. The molecule has 2 saturated carbocycles. The molecular weight excluding hydrogens is 240 g/mol. The molecule has 0 spiro atoms. The maximum absolute atomic E-state index is 12.7. The Bertz CT molecular complexity index is 392. The fraction of sp³-hybridized carbons (Fsp3) is 0.867. The Labute approximate surface area is 114 Å². The lowest BCUT2D eigenvalue weighted by Crippen LogP contribution is -2.66. The number of hydrogen-bond donors (Lipinski definition) is 1. The Morgan fingerprint density at radius 3 is 2.37 bits per heavy atom. The van der Waals surface area contributed by atoms with Crippen molar-refractivity contribution in [1.29, 1.82) is 0 Å². The van der Waals surface area contributed by atoms with Crippen LogP contribution < -0.4 is 5.32 Å². The van der Waals surface area contributed by atoms with Crippen molar-refractivity contribution in [2.75, 3.05) is 0 Å². The van der Waals surface area contributed by atoms with Crippen molar-refractivity contribution >= 4 is 11.8 Å². The van der Waals surface area contributed by atoms with Crippen LogP contribution >= 0.6 is 0 Å². The van der Waals surface area contributed by atoms with Crippen molar-refractivity contribution in [3.8, 4) is 0 Å². The van der Waals surface area contributed by atoms with Gasteiger partial charge in [-0.25, -0.2) is 0 Å². The molecule has 3 rings (SSSR count). The number of nitrogens with zero attached hydrogens (tertiary/aromatic N) is 1. The van der Waals surface area contributed by atoms with E-state index in [9.17, 15) is 9.59 Å². The quantitative estimate of drug-likeness (QED) is 0.825. The molecule has 0 radical (unpaired) electrons. The molecule has 19 heavy (non-hydrogen) atoms. The molecule has 106 valence electrons. The average Bonchev–Trinajstić information content (AvgIpc) is 3.20. The van der Waals surface area contributed by atoms with Crippen LogP contribution in [0.15, 0.2) is 0 Å². The molecule has 4 nitrogen and oxygen atoms in total. The van der Waals surface area contributed by atoms with Crippen LogP contribution in [0.3, 0.4) is 0 Å². The number of hydrogen-bond acceptors (Lipinski definition) is 2. The van der Waals surface area contributed by atoms with Gasteiger partial charge in [0.25, 0.3) is 0 Å². The van der Waals surface area contributed by atoms with Crippen molar-refractivity contribution in [2.24, 2.45) is 11.8 Å². The van der Waals surface area contributed by atoms with Gasteiger partial charge in [0.05, 0.1) is 0 Å². The summed E-state index contributed by atoms with van der Waals surface area (Å²) in [6.07, 6.45) is 6.84. The summed E-state index contributed by atoms with van der Waals surface area (Å²) in [6, 6.07) is -0.269. The van der Waals surface area contributed by atoms with Crippen molar-refractivity contribution in [1.82, 2.24) is 10.2 Å². The summed E-state index contributed by atoms with van der Waals surface area (Å²) in [7, 11) is 0. The van der Waals surface area contributed by atoms with E-state index in [0.717, 1.165) is 19.3 Å². The Balaban J connectivity index is 1.83. The van der Waals surface area contributed by atoms with Crippen LogP contribution in [0.5, 0.6) is 0 Å². The lowest BCUT2D eigenvalue weighted by atomic mass is 9.83. The van der Waals surface area contributed by atoms with Crippen LogP contribution in [0.4, 0.5) is 0 Å². The summed E-state index contributed by atoms with van der Waals surface area (Å²) in [5.74, 6) is 1.12. The highest BCUT2D eigenvalue weighted by molar-refractivity contribution is 5.97. The molecule has 0 aromatic rings. The third-order valence-corrected chi connectivity index (χ3v) is 5.13. The van der Waals surface area contributed by atoms with Crippen LogP contribution in [0, 0.1) is 11.8 Å². The normalized spacial score (nSPS) is 40.2. The molecule has 1 N–H and O–H groups in total. The highest BCUT2D eigenvalue weighted by Gasteiger charge is 2.48. The van der Waals surface area contributed by atoms with Gasteiger partial charge in [-0.3, -0.25) is 9.59 Å². The number of carbonyl (C=O) groups excluding carboxylic acids is 2. The minimum atomic E-state index is -0.298. The van der Waals surface area contributed by atoms with E-state index in [-0.39, 0.29) is 29.9 Å². The first-order valence-electron chi connectivity index (χ1n) is 7.72. The number of piperazine rings is 1. The van der Waals surface area contributed by atoms with Gasteiger partial charge >= 0.3 is 0 Å². The van der Waals surface area contributed by atoms with Gasteiger partial charge in [0.15, 0.2) is 0 Å². The van der Waals surface area contributed by atoms with E-state index < -0.39 is 0 Å². The van der Waals surface area contributed by atoms with Gasteiger partial charge in [-0.15, -0.1) is 0 Å². The third-order valence-electron chi connectivity index (χ3n) is 5.13. The number of nitrogens with one attached hydrogen (secondary N) is 1. The van der Waals surface area contributed by atoms with E-state index in [1.807, 2.05) is 11.8 Å². The van der Waals surface area contributed by atoms with Gasteiger partial charge in [0.2, 0.25) is 11.8 Å². The summed E-state index contributed by atoms with van der Waals surface area (Å²) < 4.78 is 0. The van der Waals surface area contributed by atoms with Crippen LogP contribution in [0.2, 0.25) is 0 Å². The largest absolute Gasteiger partial charge is 0.342 e. The Kier molecular flexibility index (Phi) is 3.27. The molecule has 4 unspecified atom stereocenters. The molecule has 1 heterocycles. The van der Waals surface area contributed by atoms with Gasteiger partial charge in [0.1, 0.15) is 12.1 Å². The van der Waals surface area contributed by atoms with E-state index in [1.165, 1.54) is 19.3 Å². The molecule has 3 aliphatic rings. The first-order valence-corrected chi connectivity index (χ1v) is 7.72. The smallest absolute Gasteiger partial charge is 0.246 e. The van der Waals surface area contributed by atoms with Crippen LogP contribution in [0.25, 0.3) is 0 Å². The molecule has 1 aliphatic heterocycles. The maximum atomic E-state index is 12.7. The second-order valence-corrected chi connectivity index (χ2v) is 6.57. The molecule has 2 aliphatic carbocycles. The summed E-state index contributed by atoms with van der Waals surface area (Å²) in [6.45, 7) is 4.10. The minimum absolute atomic E-state index is 0.0364. The predicted molar refractivity (Wildman–Crippen MR) is 72.4 cm³/mol. The van der Waals surface area contributed by atoms with Gasteiger partial charge in [0, 0.05) is 6.04 Å². The zero-order valence-electron chi connectivity index (χ0n) is 11.9. The second-order valence-electron chi connectivity index (χ2n) is 6.57. The SMILES string of the molecule is CC1CCCCC1N1C(=O)C(C2CC2)NC(=O)C1C. The Hall–Kier alpha value is -1.06. The molecule has 1 saturated heterocycles. The van der Waals surface area contributed by atoms with Crippen molar-refractivity contribution < 1.29 is 9.59 Å². The first-order chi connectivity index (χ1) is 9.09. The molecule has 3 fully saturated rings. The third kappa shape index (κ3) is 2.26. The molecular formula is C15H24N2O2. The lowest BCUT2D eigenvalue weighted by molar-refractivity contribution is -0.154. The monoisotopic (exact) mass is 264 g/mol. The van der Waals surface area contributed by atoms with Crippen molar-refractivity contribution in [2.45, 2.75) is 70.5 Å². The second kappa shape index (κ2) is 4.80. The first kappa shape index (κ1) is 12.9. The highest BCUT2D eigenvalue weighted by atomic mass is 16.2. The van der Waals surface area contributed by atoms with E-state index >= 15 is 0 Å². The molecule has 4 atom stereocenters. The zero-order chi connectivity index (χ0) is 13.6.